The molecule has 0 radical (unpaired) electrons. The van der Waals surface area contributed by atoms with Crippen molar-refractivity contribution in [3.63, 3.8) is 0 Å². The molecule has 1 aliphatic heterocycles. The summed E-state index contributed by atoms with van der Waals surface area (Å²) in [5, 5.41) is 4.25. The first-order valence-corrected chi connectivity index (χ1v) is 8.25. The quantitative estimate of drug-likeness (QED) is 0.525. The molecule has 1 aromatic rings. The monoisotopic (exact) mass is 459 g/mol. The lowest BCUT2D eigenvalue weighted by atomic mass is 10.1. The van der Waals surface area contributed by atoms with Crippen LogP contribution in [0.2, 0.25) is 0 Å². The number of allylic oxidation sites excluding steroid dienone is 2. The van der Waals surface area contributed by atoms with Gasteiger partial charge in [0.15, 0.2) is 5.71 Å². The fraction of sp³-hybridized carbons (Fsp3) is 0.250. The number of hydrazone groups is 1. The van der Waals surface area contributed by atoms with Gasteiger partial charge in [-0.25, -0.2) is 10.5 Å². The number of hydrogen-bond donors (Lipinski definition) is 1. The van der Waals surface area contributed by atoms with Crippen molar-refractivity contribution < 1.29 is 13.2 Å². The third-order valence-corrected chi connectivity index (χ3v) is 3.90. The molecule has 0 bridgehead atoms. The second kappa shape index (κ2) is 6.82. The highest BCUT2D eigenvalue weighted by Gasteiger charge is 2.52. The smallest absolute Gasteiger partial charge is 0.240 e. The summed E-state index contributed by atoms with van der Waals surface area (Å²) < 4.78 is 34.9. The van der Waals surface area contributed by atoms with Crippen molar-refractivity contribution >= 4 is 81.0 Å². The first kappa shape index (κ1) is 20.1. The number of para-hydroxylation sites is 1. The van der Waals surface area contributed by atoms with Crippen LogP contribution in [-0.4, -0.2) is 19.5 Å². The van der Waals surface area contributed by atoms with E-state index in [0.29, 0.717) is 5.69 Å². The topological polar surface area (TPSA) is 27.6 Å². The summed E-state index contributed by atoms with van der Waals surface area (Å²) in [7, 11) is 0. The first-order chi connectivity index (χ1) is 10.8. The van der Waals surface area contributed by atoms with E-state index in [-0.39, 0.29) is 0 Å². The fourth-order valence-electron chi connectivity index (χ4n) is 1.94. The zero-order chi connectivity index (χ0) is 18.3. The normalized spacial score (nSPS) is 16.9. The summed E-state index contributed by atoms with van der Waals surface area (Å²) >= 11 is 34.8. The molecule has 0 saturated heterocycles. The molecule has 1 heterocycles. The Morgan fingerprint density at radius 2 is 1.42 bits per heavy atom. The van der Waals surface area contributed by atoms with Gasteiger partial charge in [-0.05, 0) is 12.1 Å². The minimum atomic E-state index is -4.95. The number of anilines is 1. The molecule has 0 unspecified atom stereocenters. The lowest BCUT2D eigenvalue weighted by Crippen LogP contribution is -2.49. The number of alkyl halides is 9. The van der Waals surface area contributed by atoms with Crippen LogP contribution < -0.4 is 10.5 Å². The van der Waals surface area contributed by atoms with Crippen LogP contribution >= 0.6 is 69.6 Å². The Morgan fingerprint density at radius 1 is 0.875 bits per heavy atom. The van der Waals surface area contributed by atoms with Gasteiger partial charge in [-0.15, -0.1) is 0 Å². The molecule has 1 aromatic carbocycles. The maximum absolute atomic E-state index is 13.3. The van der Waals surface area contributed by atoms with Crippen molar-refractivity contribution in [2.75, 3.05) is 5.01 Å². The van der Waals surface area contributed by atoms with E-state index in [1.54, 1.807) is 18.2 Å². The molecule has 0 spiro atoms. The Kier molecular flexibility index (Phi) is 5.70. The summed E-state index contributed by atoms with van der Waals surface area (Å²) in [6, 6.07) is 7.99. The summed E-state index contributed by atoms with van der Waals surface area (Å²) in [5.74, 6) is 0. The van der Waals surface area contributed by atoms with Crippen LogP contribution in [0.3, 0.4) is 0 Å². The molecule has 2 rings (SSSR count). The zero-order valence-electron chi connectivity index (χ0n) is 11.2. The van der Waals surface area contributed by atoms with Crippen molar-refractivity contribution in [3.8, 4) is 0 Å². The lowest BCUT2D eigenvalue weighted by molar-refractivity contribution is -0.0590. The van der Waals surface area contributed by atoms with E-state index in [1.165, 1.54) is 12.1 Å². The van der Waals surface area contributed by atoms with Gasteiger partial charge in [-0.3, -0.25) is 0 Å². The second-order valence-corrected chi connectivity index (χ2v) is 9.01. The van der Waals surface area contributed by atoms with Crippen LogP contribution in [0.1, 0.15) is 0 Å². The van der Waals surface area contributed by atoms with E-state index in [1.807, 2.05) is 0 Å². The Morgan fingerprint density at radius 3 is 1.83 bits per heavy atom. The molecule has 0 saturated carbocycles. The van der Waals surface area contributed by atoms with Gasteiger partial charge in [-0.2, -0.15) is 18.3 Å². The predicted octanol–water partition coefficient (Wildman–Crippen LogP) is 5.92. The Balaban J connectivity index is 2.77. The number of hydrazine groups is 1. The number of rotatable bonds is 1. The van der Waals surface area contributed by atoms with Gasteiger partial charge in [-0.1, -0.05) is 87.8 Å². The molecule has 0 aromatic heterocycles. The zero-order valence-corrected chi connectivity index (χ0v) is 15.7. The molecule has 0 atom stereocenters. The summed E-state index contributed by atoms with van der Waals surface area (Å²) in [4.78, 5) is 0. The number of hydrogen-bond acceptors (Lipinski definition) is 3. The van der Waals surface area contributed by atoms with Crippen LogP contribution in [0.15, 0.2) is 46.7 Å². The van der Waals surface area contributed by atoms with Crippen molar-refractivity contribution in [2.24, 2.45) is 5.10 Å². The van der Waals surface area contributed by atoms with E-state index in [9.17, 15) is 13.2 Å². The highest BCUT2D eigenvalue weighted by molar-refractivity contribution is 6.73. The van der Waals surface area contributed by atoms with E-state index < -0.39 is 30.7 Å². The van der Waals surface area contributed by atoms with Crippen LogP contribution in [0, 0.1) is 0 Å². The Bertz CT molecular complexity index is 676. The minimum absolute atomic E-state index is 0.315. The van der Waals surface area contributed by atoms with Crippen LogP contribution in [0.5, 0.6) is 0 Å². The molecule has 0 aliphatic carbocycles. The van der Waals surface area contributed by atoms with Crippen LogP contribution in [0.25, 0.3) is 0 Å². The molecule has 0 amide bonds. The minimum Gasteiger partial charge on any atom is -0.240 e. The van der Waals surface area contributed by atoms with Gasteiger partial charge < -0.3 is 0 Å². The molecule has 132 valence electrons. The Labute approximate surface area is 164 Å². The van der Waals surface area contributed by atoms with Crippen molar-refractivity contribution in [3.05, 3.63) is 41.6 Å². The molecule has 24 heavy (non-hydrogen) atoms. The summed E-state index contributed by atoms with van der Waals surface area (Å²) in [6.07, 6.45) is -4.95. The molecule has 1 N–H and O–H groups in total. The third kappa shape index (κ3) is 4.29. The number of benzene rings is 1. The van der Waals surface area contributed by atoms with E-state index in [0.717, 1.165) is 5.01 Å². The van der Waals surface area contributed by atoms with E-state index in [4.69, 9.17) is 69.6 Å². The Hall–Kier alpha value is -0.240. The number of halogens is 9. The molecular weight excluding hydrogens is 456 g/mol. The fourth-order valence-corrected chi connectivity index (χ4v) is 3.01. The largest absolute Gasteiger partial charge is 0.435 e. The maximum Gasteiger partial charge on any atom is 0.435 e. The van der Waals surface area contributed by atoms with Crippen LogP contribution in [0.4, 0.5) is 18.9 Å². The maximum atomic E-state index is 13.3. The highest BCUT2D eigenvalue weighted by Crippen LogP contribution is 2.49. The van der Waals surface area contributed by atoms with Gasteiger partial charge in [0.2, 0.25) is 7.59 Å². The second-order valence-electron chi connectivity index (χ2n) is 4.45. The number of nitrogens with one attached hydrogen (secondary N) is 1. The SMILES string of the molecule is FC(F)(F)C1=NNN(c2ccccc2)C(C(Cl)(Cl)Cl)=C1C(Cl)(Cl)Cl. The predicted molar refractivity (Wildman–Crippen MR) is 93.2 cm³/mol. The number of nitrogens with zero attached hydrogens (tertiary/aromatic N) is 2. The van der Waals surface area contributed by atoms with Gasteiger partial charge in [0, 0.05) is 0 Å². The molecular formula is C12H6Cl6F3N3. The van der Waals surface area contributed by atoms with E-state index in [2.05, 4.69) is 10.6 Å². The van der Waals surface area contributed by atoms with Crippen molar-refractivity contribution in [2.45, 2.75) is 13.8 Å². The molecule has 3 nitrogen and oxygen atoms in total. The first-order valence-electron chi connectivity index (χ1n) is 5.98. The van der Waals surface area contributed by atoms with E-state index >= 15 is 0 Å². The van der Waals surface area contributed by atoms with Crippen molar-refractivity contribution in [1.29, 1.82) is 0 Å². The standard InChI is InChI=1S/C12H6Cl6F3N3/c13-10(14,15)7-8(12(19,20)21)22-23-24(9(7)11(16,17)18)6-4-2-1-3-5-6/h1-5,23H. The van der Waals surface area contributed by atoms with Gasteiger partial charge >= 0.3 is 6.18 Å². The molecule has 0 fully saturated rings. The third-order valence-electron chi connectivity index (χ3n) is 2.79. The summed E-state index contributed by atoms with van der Waals surface area (Å²) in [6.45, 7) is 0. The summed E-state index contributed by atoms with van der Waals surface area (Å²) in [5.41, 5.74) is -0.437. The molecule has 1 aliphatic rings. The lowest BCUT2D eigenvalue weighted by Gasteiger charge is -2.38. The van der Waals surface area contributed by atoms with Crippen LogP contribution in [-0.2, 0) is 0 Å². The van der Waals surface area contributed by atoms with Crippen molar-refractivity contribution in [1.82, 2.24) is 5.53 Å². The van der Waals surface area contributed by atoms with Gasteiger partial charge in [0.05, 0.1) is 11.3 Å². The molecule has 12 heteroatoms. The highest BCUT2D eigenvalue weighted by atomic mass is 35.6. The van der Waals surface area contributed by atoms with Gasteiger partial charge in [0.25, 0.3) is 0 Å². The average Bonchev–Trinajstić information content (AvgIpc) is 2.44. The van der Waals surface area contributed by atoms with Gasteiger partial charge in [0.1, 0.15) is 5.70 Å². The average molecular weight is 462 g/mol.